The first kappa shape index (κ1) is 20.6. The second-order valence-corrected chi connectivity index (χ2v) is 6.84. The minimum absolute atomic E-state index is 0.0140. The number of methoxy groups -OCH3 is 3. The molecule has 7 heteroatoms. The van der Waals surface area contributed by atoms with Crippen LogP contribution in [0.2, 0.25) is 0 Å². The molecule has 1 aliphatic rings. The molecule has 1 saturated heterocycles. The van der Waals surface area contributed by atoms with Crippen molar-refractivity contribution in [1.29, 1.82) is 0 Å². The second kappa shape index (κ2) is 9.91. The number of ether oxygens (including phenoxy) is 3. The number of urea groups is 1. The maximum Gasteiger partial charge on any atom is 0.317 e. The van der Waals surface area contributed by atoms with Gasteiger partial charge in [0.2, 0.25) is 0 Å². The van der Waals surface area contributed by atoms with Gasteiger partial charge in [-0.2, -0.15) is 0 Å². The van der Waals surface area contributed by atoms with Crippen molar-refractivity contribution in [2.45, 2.75) is 6.42 Å². The quantitative estimate of drug-likeness (QED) is 0.776. The minimum atomic E-state index is -0.0140. The molecule has 0 atom stereocenters. The number of anilines is 1. The summed E-state index contributed by atoms with van der Waals surface area (Å²) in [6.45, 7) is 3.61. The van der Waals surface area contributed by atoms with E-state index in [2.05, 4.69) is 22.3 Å². The number of piperazine rings is 1. The number of carbonyl (C=O) groups is 1. The van der Waals surface area contributed by atoms with Gasteiger partial charge in [0.25, 0.3) is 0 Å². The van der Waals surface area contributed by atoms with Crippen LogP contribution in [-0.4, -0.2) is 65.0 Å². The molecule has 156 valence electrons. The first-order valence-electron chi connectivity index (χ1n) is 9.77. The SMILES string of the molecule is COc1ccc(N2CCN(C(=O)NCCc3ccc(OC)c(OC)c3)CC2)cc1. The summed E-state index contributed by atoms with van der Waals surface area (Å²) in [5.74, 6) is 2.25. The van der Waals surface area contributed by atoms with Gasteiger partial charge in [0, 0.05) is 38.4 Å². The van der Waals surface area contributed by atoms with Gasteiger partial charge in [0.15, 0.2) is 11.5 Å². The van der Waals surface area contributed by atoms with E-state index in [0.717, 1.165) is 36.5 Å². The van der Waals surface area contributed by atoms with E-state index in [1.165, 1.54) is 0 Å². The molecule has 7 nitrogen and oxygen atoms in total. The van der Waals surface area contributed by atoms with Crippen LogP contribution in [-0.2, 0) is 6.42 Å². The summed E-state index contributed by atoms with van der Waals surface area (Å²) < 4.78 is 15.8. The summed E-state index contributed by atoms with van der Waals surface area (Å²) in [6, 6.07) is 13.8. The maximum atomic E-state index is 12.5. The van der Waals surface area contributed by atoms with Crippen molar-refractivity contribution in [2.75, 3.05) is 59.0 Å². The Morgan fingerprint density at radius 2 is 1.59 bits per heavy atom. The van der Waals surface area contributed by atoms with E-state index in [1.54, 1.807) is 21.3 Å². The largest absolute Gasteiger partial charge is 0.497 e. The summed E-state index contributed by atoms with van der Waals surface area (Å²) in [5, 5.41) is 3.02. The first-order valence-corrected chi connectivity index (χ1v) is 9.77. The average Bonchev–Trinajstić information content (AvgIpc) is 2.79. The van der Waals surface area contributed by atoms with Gasteiger partial charge in [-0.3, -0.25) is 0 Å². The lowest BCUT2D eigenvalue weighted by atomic mass is 10.1. The van der Waals surface area contributed by atoms with Crippen LogP contribution in [0.3, 0.4) is 0 Å². The Bertz CT molecular complexity index is 802. The summed E-state index contributed by atoms with van der Waals surface area (Å²) in [4.78, 5) is 16.6. The highest BCUT2D eigenvalue weighted by Gasteiger charge is 2.21. The summed E-state index contributed by atoms with van der Waals surface area (Å²) >= 11 is 0. The predicted octanol–water partition coefficient (Wildman–Crippen LogP) is 2.79. The van der Waals surface area contributed by atoms with Crippen LogP contribution < -0.4 is 24.4 Å². The van der Waals surface area contributed by atoms with Crippen LogP contribution in [0.4, 0.5) is 10.5 Å². The van der Waals surface area contributed by atoms with E-state index < -0.39 is 0 Å². The van der Waals surface area contributed by atoms with Crippen LogP contribution in [0.25, 0.3) is 0 Å². The van der Waals surface area contributed by atoms with Gasteiger partial charge < -0.3 is 29.3 Å². The minimum Gasteiger partial charge on any atom is -0.497 e. The molecule has 2 aromatic rings. The van der Waals surface area contributed by atoms with E-state index in [9.17, 15) is 4.79 Å². The highest BCUT2D eigenvalue weighted by Crippen LogP contribution is 2.27. The number of hydrogen-bond donors (Lipinski definition) is 1. The fraction of sp³-hybridized carbons (Fsp3) is 0.409. The van der Waals surface area contributed by atoms with E-state index >= 15 is 0 Å². The number of nitrogens with zero attached hydrogens (tertiary/aromatic N) is 2. The molecule has 2 amide bonds. The third-order valence-corrected chi connectivity index (χ3v) is 5.14. The molecule has 0 spiro atoms. The zero-order valence-electron chi connectivity index (χ0n) is 17.3. The Kier molecular flexibility index (Phi) is 7.05. The van der Waals surface area contributed by atoms with Crippen LogP contribution >= 0.6 is 0 Å². The Morgan fingerprint density at radius 1 is 0.897 bits per heavy atom. The number of nitrogens with one attached hydrogen (secondary N) is 1. The lowest BCUT2D eigenvalue weighted by molar-refractivity contribution is 0.194. The lowest BCUT2D eigenvalue weighted by Gasteiger charge is -2.36. The zero-order chi connectivity index (χ0) is 20.6. The fourth-order valence-electron chi connectivity index (χ4n) is 3.42. The Balaban J connectivity index is 1.44. The number of amides is 2. The first-order chi connectivity index (χ1) is 14.1. The van der Waals surface area contributed by atoms with Gasteiger partial charge in [-0.15, -0.1) is 0 Å². The summed E-state index contributed by atoms with van der Waals surface area (Å²) in [5.41, 5.74) is 2.24. The fourth-order valence-corrected chi connectivity index (χ4v) is 3.42. The van der Waals surface area contributed by atoms with Crippen molar-refractivity contribution in [2.24, 2.45) is 0 Å². The third-order valence-electron chi connectivity index (χ3n) is 5.14. The molecule has 0 bridgehead atoms. The maximum absolute atomic E-state index is 12.5. The molecular formula is C22H29N3O4. The molecule has 0 radical (unpaired) electrons. The monoisotopic (exact) mass is 399 g/mol. The van der Waals surface area contributed by atoms with E-state index in [-0.39, 0.29) is 6.03 Å². The van der Waals surface area contributed by atoms with E-state index in [1.807, 2.05) is 35.2 Å². The van der Waals surface area contributed by atoms with Crippen molar-refractivity contribution >= 4 is 11.7 Å². The van der Waals surface area contributed by atoms with E-state index in [4.69, 9.17) is 14.2 Å². The van der Waals surface area contributed by atoms with Crippen LogP contribution in [0.1, 0.15) is 5.56 Å². The Morgan fingerprint density at radius 3 is 2.21 bits per heavy atom. The summed E-state index contributed by atoms with van der Waals surface area (Å²) in [7, 11) is 4.90. The average molecular weight is 399 g/mol. The molecule has 3 rings (SSSR count). The van der Waals surface area contributed by atoms with Gasteiger partial charge in [-0.1, -0.05) is 6.07 Å². The second-order valence-electron chi connectivity index (χ2n) is 6.84. The molecule has 1 aliphatic heterocycles. The number of hydrogen-bond acceptors (Lipinski definition) is 5. The molecule has 1 fully saturated rings. The van der Waals surface area contributed by atoms with Gasteiger partial charge >= 0.3 is 6.03 Å². The van der Waals surface area contributed by atoms with Crippen LogP contribution in [0.5, 0.6) is 17.2 Å². The van der Waals surface area contributed by atoms with Crippen molar-refractivity contribution in [3.8, 4) is 17.2 Å². The predicted molar refractivity (Wildman–Crippen MR) is 113 cm³/mol. The molecule has 0 unspecified atom stereocenters. The Labute approximate surface area is 172 Å². The molecular weight excluding hydrogens is 370 g/mol. The number of benzene rings is 2. The van der Waals surface area contributed by atoms with Gasteiger partial charge in [-0.05, 0) is 48.4 Å². The number of rotatable bonds is 7. The molecule has 0 aromatic heterocycles. The summed E-state index contributed by atoms with van der Waals surface area (Å²) in [6.07, 6.45) is 0.734. The zero-order valence-corrected chi connectivity index (χ0v) is 17.3. The van der Waals surface area contributed by atoms with Crippen molar-refractivity contribution in [3.05, 3.63) is 48.0 Å². The molecule has 29 heavy (non-hydrogen) atoms. The van der Waals surface area contributed by atoms with Crippen molar-refractivity contribution in [3.63, 3.8) is 0 Å². The van der Waals surface area contributed by atoms with Crippen LogP contribution in [0.15, 0.2) is 42.5 Å². The topological polar surface area (TPSA) is 63.3 Å². The molecule has 1 heterocycles. The molecule has 0 saturated carbocycles. The smallest absolute Gasteiger partial charge is 0.317 e. The lowest BCUT2D eigenvalue weighted by Crippen LogP contribution is -2.52. The number of carbonyl (C=O) groups excluding carboxylic acids is 1. The van der Waals surface area contributed by atoms with Gasteiger partial charge in [0.1, 0.15) is 5.75 Å². The molecule has 0 aliphatic carbocycles. The van der Waals surface area contributed by atoms with Crippen molar-refractivity contribution < 1.29 is 19.0 Å². The highest BCUT2D eigenvalue weighted by atomic mass is 16.5. The molecule has 1 N–H and O–H groups in total. The Hall–Kier alpha value is -3.09. The highest BCUT2D eigenvalue weighted by molar-refractivity contribution is 5.74. The standard InChI is InChI=1S/C22H29N3O4/c1-27-19-7-5-18(6-8-19)24-12-14-25(15-13-24)22(26)23-11-10-17-4-9-20(28-2)21(16-17)29-3/h4-9,16H,10-15H2,1-3H3,(H,23,26). The van der Waals surface area contributed by atoms with Gasteiger partial charge in [-0.25, -0.2) is 4.79 Å². The molecule has 2 aromatic carbocycles. The van der Waals surface area contributed by atoms with Gasteiger partial charge in [0.05, 0.1) is 21.3 Å². The third kappa shape index (κ3) is 5.25. The van der Waals surface area contributed by atoms with Crippen molar-refractivity contribution in [1.82, 2.24) is 10.2 Å². The normalized spacial score (nSPS) is 13.8. The van der Waals surface area contributed by atoms with Crippen LogP contribution in [0, 0.1) is 0 Å². The van der Waals surface area contributed by atoms with E-state index in [0.29, 0.717) is 31.1 Å².